The van der Waals surface area contributed by atoms with Gasteiger partial charge in [0.05, 0.1) is 16.5 Å². The van der Waals surface area contributed by atoms with Crippen LogP contribution in [-0.2, 0) is 4.79 Å². The third-order valence-corrected chi connectivity index (χ3v) is 3.96. The van der Waals surface area contributed by atoms with E-state index in [0.29, 0.717) is 10.0 Å². The van der Waals surface area contributed by atoms with Crippen molar-refractivity contribution in [1.82, 2.24) is 4.90 Å². The molecule has 6 nitrogen and oxygen atoms in total. The lowest BCUT2D eigenvalue weighted by molar-refractivity contribution is -0.386. The van der Waals surface area contributed by atoms with E-state index in [0.717, 1.165) is 0 Å². The zero-order chi connectivity index (χ0) is 15.0. The van der Waals surface area contributed by atoms with E-state index in [1.54, 1.807) is 17.0 Å². The predicted molar refractivity (Wildman–Crippen MR) is 78.1 cm³/mol. The molecule has 1 saturated heterocycles. The summed E-state index contributed by atoms with van der Waals surface area (Å²) in [6.07, 6.45) is 0.218. The van der Waals surface area contributed by atoms with Crippen LogP contribution in [0.15, 0.2) is 22.7 Å². The van der Waals surface area contributed by atoms with Gasteiger partial charge in [0.25, 0.3) is 5.69 Å². The first-order valence-electron chi connectivity index (χ1n) is 6.33. The van der Waals surface area contributed by atoms with E-state index in [-0.39, 0.29) is 24.1 Å². The molecule has 0 aromatic heterocycles. The highest BCUT2D eigenvalue weighted by atomic mass is 79.9. The molecule has 1 aromatic carbocycles. The Kier molecular flexibility index (Phi) is 4.10. The summed E-state index contributed by atoms with van der Waals surface area (Å²) in [7, 11) is 0. The number of hydrogen-bond donors (Lipinski definition) is 1. The van der Waals surface area contributed by atoms with Gasteiger partial charge in [-0.1, -0.05) is 15.9 Å². The number of nitro benzene ring substituents is 1. The Morgan fingerprint density at radius 2 is 2.15 bits per heavy atom. The van der Waals surface area contributed by atoms with Crippen LogP contribution in [-0.4, -0.2) is 27.8 Å². The molecule has 20 heavy (non-hydrogen) atoms. The van der Waals surface area contributed by atoms with E-state index in [9.17, 15) is 14.9 Å². The van der Waals surface area contributed by atoms with Crippen molar-refractivity contribution in [2.24, 2.45) is 5.73 Å². The summed E-state index contributed by atoms with van der Waals surface area (Å²) in [5.74, 6) is -0.0604. The third-order valence-electron chi connectivity index (χ3n) is 3.47. The molecule has 7 heteroatoms. The van der Waals surface area contributed by atoms with Gasteiger partial charge in [0.1, 0.15) is 0 Å². The lowest BCUT2D eigenvalue weighted by Gasteiger charge is -2.30. The number of nitro groups is 1. The van der Waals surface area contributed by atoms with Crippen molar-refractivity contribution >= 4 is 27.5 Å². The quantitative estimate of drug-likeness (QED) is 0.675. The number of amides is 1. The summed E-state index contributed by atoms with van der Waals surface area (Å²) >= 11 is 3.23. The Morgan fingerprint density at radius 1 is 1.50 bits per heavy atom. The average Bonchev–Trinajstić information content (AvgIpc) is 2.64. The van der Waals surface area contributed by atoms with Crippen molar-refractivity contribution in [1.29, 1.82) is 0 Å². The van der Waals surface area contributed by atoms with Crippen molar-refractivity contribution in [3.05, 3.63) is 38.3 Å². The normalized spacial score (nSPS) is 22.6. The molecular weight excluding hydrogens is 326 g/mol. The first-order chi connectivity index (χ1) is 9.32. The molecule has 0 bridgehead atoms. The number of likely N-dealkylation sites (tertiary alicyclic amines) is 1. The van der Waals surface area contributed by atoms with Gasteiger partial charge in [-0.2, -0.15) is 0 Å². The molecule has 1 fully saturated rings. The summed E-state index contributed by atoms with van der Waals surface area (Å²) in [6.45, 7) is 3.77. The SMILES string of the molecule is CC(C)N1C(=O)CC(N)C1c1ccc(Br)cc1[N+](=O)[O-]. The molecule has 1 aliphatic heterocycles. The largest absolute Gasteiger partial charge is 0.331 e. The van der Waals surface area contributed by atoms with Crippen molar-refractivity contribution in [2.45, 2.75) is 38.4 Å². The smallest absolute Gasteiger partial charge is 0.275 e. The molecule has 1 aliphatic rings. The van der Waals surface area contributed by atoms with Crippen molar-refractivity contribution in [3.8, 4) is 0 Å². The fraction of sp³-hybridized carbons (Fsp3) is 0.462. The van der Waals surface area contributed by atoms with Gasteiger partial charge in [-0.05, 0) is 26.0 Å². The van der Waals surface area contributed by atoms with E-state index in [1.165, 1.54) is 6.07 Å². The fourth-order valence-electron chi connectivity index (χ4n) is 2.69. The van der Waals surface area contributed by atoms with E-state index in [4.69, 9.17) is 5.73 Å². The number of halogens is 1. The van der Waals surface area contributed by atoms with Gasteiger partial charge in [-0.15, -0.1) is 0 Å². The van der Waals surface area contributed by atoms with Crippen LogP contribution in [0.5, 0.6) is 0 Å². The molecule has 0 radical (unpaired) electrons. The first kappa shape index (κ1) is 14.9. The van der Waals surface area contributed by atoms with Gasteiger partial charge in [0.2, 0.25) is 5.91 Å². The Bertz CT molecular complexity index is 562. The van der Waals surface area contributed by atoms with Crippen molar-refractivity contribution in [3.63, 3.8) is 0 Å². The maximum atomic E-state index is 12.0. The van der Waals surface area contributed by atoms with Gasteiger partial charge in [-0.25, -0.2) is 0 Å². The second-order valence-electron chi connectivity index (χ2n) is 5.17. The van der Waals surface area contributed by atoms with E-state index < -0.39 is 17.0 Å². The highest BCUT2D eigenvalue weighted by molar-refractivity contribution is 9.10. The number of carbonyl (C=O) groups excluding carboxylic acids is 1. The molecule has 0 aliphatic carbocycles. The van der Waals surface area contributed by atoms with Crippen LogP contribution < -0.4 is 5.73 Å². The highest BCUT2D eigenvalue weighted by Gasteiger charge is 2.42. The Balaban J connectivity index is 2.54. The molecule has 0 spiro atoms. The maximum Gasteiger partial charge on any atom is 0.275 e. The first-order valence-corrected chi connectivity index (χ1v) is 7.12. The Morgan fingerprint density at radius 3 is 2.70 bits per heavy atom. The summed E-state index contributed by atoms with van der Waals surface area (Å²) in [4.78, 5) is 24.5. The minimum Gasteiger partial charge on any atom is -0.331 e. The molecular formula is C13H16BrN3O3. The molecule has 108 valence electrons. The number of carbonyl (C=O) groups is 1. The fourth-order valence-corrected chi connectivity index (χ4v) is 3.04. The summed E-state index contributed by atoms with van der Waals surface area (Å²) < 4.78 is 0.627. The minimum atomic E-state index is -0.448. The number of nitrogens with two attached hydrogens (primary N) is 1. The van der Waals surface area contributed by atoms with E-state index in [2.05, 4.69) is 15.9 Å². The molecule has 1 aromatic rings. The Labute approximate surface area is 125 Å². The standard InChI is InChI=1S/C13H16BrN3O3/c1-7(2)16-12(18)6-10(15)13(16)9-4-3-8(14)5-11(9)17(19)20/h3-5,7,10,13H,6,15H2,1-2H3. The van der Waals surface area contributed by atoms with Gasteiger partial charge in [0, 0.05) is 29.0 Å². The summed E-state index contributed by atoms with van der Waals surface area (Å²) in [5.41, 5.74) is 6.52. The number of hydrogen-bond acceptors (Lipinski definition) is 4. The minimum absolute atomic E-state index is 0.0137. The van der Waals surface area contributed by atoms with Crippen molar-refractivity contribution in [2.75, 3.05) is 0 Å². The van der Waals surface area contributed by atoms with Crippen LogP contribution in [0.4, 0.5) is 5.69 Å². The molecule has 0 saturated carbocycles. The molecule has 2 unspecified atom stereocenters. The van der Waals surface area contributed by atoms with Crippen molar-refractivity contribution < 1.29 is 9.72 Å². The van der Waals surface area contributed by atoms with Crippen LogP contribution in [0, 0.1) is 10.1 Å². The van der Waals surface area contributed by atoms with Crippen LogP contribution in [0.2, 0.25) is 0 Å². The zero-order valence-corrected chi connectivity index (χ0v) is 12.8. The molecule has 1 heterocycles. The summed E-state index contributed by atoms with van der Waals surface area (Å²) in [6, 6.07) is 3.92. The van der Waals surface area contributed by atoms with E-state index in [1.807, 2.05) is 13.8 Å². The zero-order valence-electron chi connectivity index (χ0n) is 11.2. The average molecular weight is 342 g/mol. The van der Waals surface area contributed by atoms with E-state index >= 15 is 0 Å². The molecule has 2 atom stereocenters. The lowest BCUT2D eigenvalue weighted by atomic mass is 9.98. The van der Waals surface area contributed by atoms with Crippen LogP contribution in [0.3, 0.4) is 0 Å². The second kappa shape index (κ2) is 5.49. The molecule has 2 N–H and O–H groups in total. The lowest BCUT2D eigenvalue weighted by Crippen LogP contribution is -2.38. The monoisotopic (exact) mass is 341 g/mol. The number of benzene rings is 1. The van der Waals surface area contributed by atoms with Crippen LogP contribution >= 0.6 is 15.9 Å². The summed E-state index contributed by atoms with van der Waals surface area (Å²) in [5, 5.41) is 11.2. The topological polar surface area (TPSA) is 89.5 Å². The Hall–Kier alpha value is -1.47. The number of nitrogens with zero attached hydrogens (tertiary/aromatic N) is 2. The third kappa shape index (κ3) is 2.55. The van der Waals surface area contributed by atoms with Gasteiger partial charge in [-0.3, -0.25) is 14.9 Å². The maximum absolute atomic E-state index is 12.0. The molecule has 1 amide bonds. The highest BCUT2D eigenvalue weighted by Crippen LogP contribution is 2.39. The molecule has 2 rings (SSSR count). The van der Waals surface area contributed by atoms with Crippen LogP contribution in [0.25, 0.3) is 0 Å². The van der Waals surface area contributed by atoms with Gasteiger partial charge < -0.3 is 10.6 Å². The van der Waals surface area contributed by atoms with Crippen LogP contribution in [0.1, 0.15) is 31.9 Å². The van der Waals surface area contributed by atoms with Gasteiger partial charge >= 0.3 is 0 Å². The second-order valence-corrected chi connectivity index (χ2v) is 6.08. The predicted octanol–water partition coefficient (Wildman–Crippen LogP) is 2.37. The van der Waals surface area contributed by atoms with Gasteiger partial charge in [0.15, 0.2) is 0 Å². The number of rotatable bonds is 3.